The Hall–Kier alpha value is -1.70. The van der Waals surface area contributed by atoms with Crippen molar-refractivity contribution in [3.8, 4) is 6.07 Å². The fourth-order valence-corrected chi connectivity index (χ4v) is 1.68. The van der Waals surface area contributed by atoms with Crippen LogP contribution in [0.5, 0.6) is 0 Å². The van der Waals surface area contributed by atoms with Gasteiger partial charge >= 0.3 is 0 Å². The van der Waals surface area contributed by atoms with Crippen molar-refractivity contribution in [3.63, 3.8) is 0 Å². The van der Waals surface area contributed by atoms with Crippen LogP contribution in [0.15, 0.2) is 24.3 Å². The normalized spacial score (nSPS) is 18.2. The highest BCUT2D eigenvalue weighted by atomic mass is 16.3. The first-order chi connectivity index (χ1) is 8.13. The van der Waals surface area contributed by atoms with Gasteiger partial charge in [0.05, 0.1) is 6.07 Å². The Balaban J connectivity index is 2.12. The molecule has 17 heavy (non-hydrogen) atoms. The number of nitrogens with zero attached hydrogens (tertiary/aromatic N) is 1. The molecule has 4 nitrogen and oxygen atoms in total. The predicted molar refractivity (Wildman–Crippen MR) is 60.1 cm³/mol. The summed E-state index contributed by atoms with van der Waals surface area (Å²) in [7, 11) is 0. The van der Waals surface area contributed by atoms with E-state index in [0.717, 1.165) is 12.8 Å². The van der Waals surface area contributed by atoms with Crippen LogP contribution in [-0.4, -0.2) is 22.1 Å². The quantitative estimate of drug-likeness (QED) is 0.602. The molecule has 2 rings (SSSR count). The monoisotopic (exact) mass is 231 g/mol. The maximum absolute atomic E-state index is 11.7. The molecule has 0 radical (unpaired) electrons. The fourth-order valence-electron chi connectivity index (χ4n) is 1.68. The number of aliphatic hydroxyl groups is 2. The number of carbonyl (C=O) groups excluding carboxylic acids is 1. The van der Waals surface area contributed by atoms with Crippen LogP contribution in [0.4, 0.5) is 0 Å². The third kappa shape index (κ3) is 2.52. The molecule has 0 aromatic heterocycles. The van der Waals surface area contributed by atoms with Gasteiger partial charge in [0.25, 0.3) is 0 Å². The van der Waals surface area contributed by atoms with Crippen molar-refractivity contribution >= 4 is 5.78 Å². The molecule has 2 unspecified atom stereocenters. The highest BCUT2D eigenvalue weighted by Gasteiger charge is 2.30. The first kappa shape index (κ1) is 11.8. The minimum Gasteiger partial charge on any atom is -0.385 e. The van der Waals surface area contributed by atoms with E-state index in [1.165, 1.54) is 0 Å². The van der Waals surface area contributed by atoms with Crippen molar-refractivity contribution in [1.82, 2.24) is 0 Å². The van der Waals surface area contributed by atoms with Crippen LogP contribution in [0, 0.1) is 17.2 Å². The Morgan fingerprint density at radius 3 is 2.35 bits per heavy atom. The van der Waals surface area contributed by atoms with Crippen LogP contribution >= 0.6 is 0 Å². The zero-order chi connectivity index (χ0) is 12.4. The maximum Gasteiger partial charge on any atom is 0.170 e. The van der Waals surface area contributed by atoms with Gasteiger partial charge in [0.15, 0.2) is 11.9 Å². The Labute approximate surface area is 99.1 Å². The van der Waals surface area contributed by atoms with Gasteiger partial charge in [-0.15, -0.1) is 0 Å². The molecule has 0 bridgehead atoms. The summed E-state index contributed by atoms with van der Waals surface area (Å²) in [4.78, 5) is 11.7. The molecule has 0 aliphatic heterocycles. The highest BCUT2D eigenvalue weighted by Crippen LogP contribution is 2.32. The summed E-state index contributed by atoms with van der Waals surface area (Å²) in [5.74, 6) is 0.294. The smallest absolute Gasteiger partial charge is 0.170 e. The number of rotatable bonds is 4. The fraction of sp³-hybridized carbons (Fsp3) is 0.385. The Bertz CT molecular complexity index is 457. The molecule has 0 amide bonds. The Kier molecular flexibility index (Phi) is 3.23. The molecule has 2 N–H and O–H groups in total. The molecular weight excluding hydrogens is 218 g/mol. The molecule has 1 aromatic rings. The van der Waals surface area contributed by atoms with Gasteiger partial charge in [-0.25, -0.2) is 0 Å². The second-order valence-electron chi connectivity index (χ2n) is 4.28. The molecule has 1 aliphatic rings. The third-order valence-electron chi connectivity index (χ3n) is 2.92. The molecule has 0 heterocycles. The van der Waals surface area contributed by atoms with E-state index in [1.54, 1.807) is 30.3 Å². The molecule has 4 heteroatoms. The van der Waals surface area contributed by atoms with Crippen LogP contribution in [0.25, 0.3) is 0 Å². The van der Waals surface area contributed by atoms with E-state index < -0.39 is 12.2 Å². The van der Waals surface area contributed by atoms with Crippen molar-refractivity contribution in [2.24, 2.45) is 5.92 Å². The van der Waals surface area contributed by atoms with Crippen molar-refractivity contribution in [1.29, 1.82) is 5.26 Å². The zero-order valence-electron chi connectivity index (χ0n) is 9.21. The summed E-state index contributed by atoms with van der Waals surface area (Å²) in [5.41, 5.74) is 1.06. The minimum absolute atomic E-state index is 0.131. The summed E-state index contributed by atoms with van der Waals surface area (Å²) < 4.78 is 0. The zero-order valence-corrected chi connectivity index (χ0v) is 9.21. The lowest BCUT2D eigenvalue weighted by Crippen LogP contribution is -2.15. The molecule has 1 aromatic carbocycles. The number of hydrogen-bond donors (Lipinski definition) is 2. The van der Waals surface area contributed by atoms with E-state index in [4.69, 9.17) is 5.26 Å². The molecule has 2 atom stereocenters. The number of ketones is 1. The largest absolute Gasteiger partial charge is 0.385 e. The molecule has 1 aliphatic carbocycles. The molecule has 88 valence electrons. The predicted octanol–water partition coefficient (Wildman–Crippen LogP) is 1.20. The third-order valence-corrected chi connectivity index (χ3v) is 2.92. The number of Topliss-reactive ketones (excluding diaryl/α,β-unsaturated/α-hetero) is 1. The summed E-state index contributed by atoms with van der Waals surface area (Å²) in [6.07, 6.45) is -0.766. The summed E-state index contributed by atoms with van der Waals surface area (Å²) in [5, 5.41) is 27.2. The van der Waals surface area contributed by atoms with E-state index in [1.807, 2.05) is 0 Å². The summed E-state index contributed by atoms with van der Waals surface area (Å²) in [6, 6.07) is 7.96. The van der Waals surface area contributed by atoms with E-state index >= 15 is 0 Å². The van der Waals surface area contributed by atoms with Gasteiger partial charge in [0.2, 0.25) is 0 Å². The van der Waals surface area contributed by atoms with Crippen molar-refractivity contribution in [2.45, 2.75) is 25.0 Å². The first-order valence-electron chi connectivity index (χ1n) is 5.53. The lowest BCUT2D eigenvalue weighted by Gasteiger charge is -2.12. The standard InChI is InChI=1S/C13H13NO3/c14-7-11(15)13(17)10-5-3-9(4-6-10)12(16)8-1-2-8/h3-6,8,11,13,15,17H,1-2H2. The Morgan fingerprint density at radius 1 is 1.29 bits per heavy atom. The molecule has 0 saturated heterocycles. The van der Waals surface area contributed by atoms with E-state index in [9.17, 15) is 15.0 Å². The second kappa shape index (κ2) is 4.66. The minimum atomic E-state index is -1.44. The lowest BCUT2D eigenvalue weighted by molar-refractivity contribution is 0.0528. The van der Waals surface area contributed by atoms with E-state index in [-0.39, 0.29) is 11.7 Å². The molecule has 1 saturated carbocycles. The van der Waals surface area contributed by atoms with Crippen molar-refractivity contribution in [3.05, 3.63) is 35.4 Å². The maximum atomic E-state index is 11.7. The van der Waals surface area contributed by atoms with Gasteiger partial charge in [0.1, 0.15) is 6.10 Å². The SMILES string of the molecule is N#CC(O)C(O)c1ccc(C(=O)C2CC2)cc1. The lowest BCUT2D eigenvalue weighted by atomic mass is 10.0. The van der Waals surface area contributed by atoms with Gasteiger partial charge in [0, 0.05) is 11.5 Å². The van der Waals surface area contributed by atoms with Crippen LogP contribution in [-0.2, 0) is 0 Å². The second-order valence-corrected chi connectivity index (χ2v) is 4.28. The van der Waals surface area contributed by atoms with Crippen LogP contribution in [0.3, 0.4) is 0 Å². The summed E-state index contributed by atoms with van der Waals surface area (Å²) in [6.45, 7) is 0. The van der Waals surface area contributed by atoms with Gasteiger partial charge in [-0.1, -0.05) is 24.3 Å². The molecular formula is C13H13NO3. The van der Waals surface area contributed by atoms with E-state index in [0.29, 0.717) is 11.1 Å². The number of nitriles is 1. The summed E-state index contributed by atoms with van der Waals surface area (Å²) >= 11 is 0. The van der Waals surface area contributed by atoms with Gasteiger partial charge in [-0.2, -0.15) is 5.26 Å². The van der Waals surface area contributed by atoms with Crippen LogP contribution in [0.2, 0.25) is 0 Å². The van der Waals surface area contributed by atoms with Crippen LogP contribution < -0.4 is 0 Å². The number of carbonyl (C=O) groups is 1. The molecule has 1 fully saturated rings. The van der Waals surface area contributed by atoms with Gasteiger partial charge < -0.3 is 10.2 Å². The number of hydrogen-bond acceptors (Lipinski definition) is 4. The van der Waals surface area contributed by atoms with Gasteiger partial charge in [-0.05, 0) is 18.4 Å². The first-order valence-corrected chi connectivity index (χ1v) is 5.53. The topological polar surface area (TPSA) is 81.3 Å². The molecule has 0 spiro atoms. The average molecular weight is 231 g/mol. The number of aliphatic hydroxyl groups excluding tert-OH is 2. The van der Waals surface area contributed by atoms with Crippen LogP contribution in [0.1, 0.15) is 34.9 Å². The highest BCUT2D eigenvalue weighted by molar-refractivity contribution is 5.99. The number of benzene rings is 1. The average Bonchev–Trinajstić information content (AvgIpc) is 3.20. The Morgan fingerprint density at radius 2 is 1.88 bits per heavy atom. The van der Waals surface area contributed by atoms with Crippen molar-refractivity contribution < 1.29 is 15.0 Å². The van der Waals surface area contributed by atoms with Crippen molar-refractivity contribution in [2.75, 3.05) is 0 Å². The van der Waals surface area contributed by atoms with Gasteiger partial charge in [-0.3, -0.25) is 4.79 Å². The van der Waals surface area contributed by atoms with E-state index in [2.05, 4.69) is 0 Å².